The van der Waals surface area contributed by atoms with Crippen LogP contribution in [0.25, 0.3) is 0 Å². The first-order chi connectivity index (χ1) is 12.0. The maximum atomic E-state index is 10.6. The SMILES string of the molecule is CCCCCC(O)/C=C/C1[C@H](O)C[C@@H]2C=C(CCCCC(=O)O)C[C@H]12. The van der Waals surface area contributed by atoms with E-state index in [0.29, 0.717) is 11.8 Å². The normalized spacial score (nSPS) is 29.8. The van der Waals surface area contributed by atoms with E-state index in [0.717, 1.165) is 57.8 Å². The van der Waals surface area contributed by atoms with Gasteiger partial charge in [0.25, 0.3) is 0 Å². The Labute approximate surface area is 151 Å². The summed E-state index contributed by atoms with van der Waals surface area (Å²) in [4.78, 5) is 10.6. The van der Waals surface area contributed by atoms with E-state index in [1.807, 2.05) is 12.2 Å². The Morgan fingerprint density at radius 2 is 2.12 bits per heavy atom. The summed E-state index contributed by atoms with van der Waals surface area (Å²) in [5, 5.41) is 29.1. The summed E-state index contributed by atoms with van der Waals surface area (Å²) in [6.45, 7) is 2.16. The monoisotopic (exact) mass is 350 g/mol. The molecule has 0 amide bonds. The molecule has 0 spiro atoms. The maximum Gasteiger partial charge on any atom is 0.303 e. The summed E-state index contributed by atoms with van der Waals surface area (Å²) < 4.78 is 0. The lowest BCUT2D eigenvalue weighted by molar-refractivity contribution is -0.137. The molecule has 0 radical (unpaired) electrons. The highest BCUT2D eigenvalue weighted by Gasteiger charge is 2.43. The standard InChI is InChI=1S/C21H34O4/c1-2-3-4-8-17(22)10-11-18-19-13-15(7-5-6-9-21(24)25)12-16(19)14-20(18)23/h10-12,16-20,22-23H,2-9,13-14H2,1H3,(H,24,25)/b11-10+/t16-,17?,18?,19-,20+/m0/s1. The van der Waals surface area contributed by atoms with E-state index in [2.05, 4.69) is 13.0 Å². The van der Waals surface area contributed by atoms with E-state index >= 15 is 0 Å². The highest BCUT2D eigenvalue weighted by molar-refractivity contribution is 5.66. The van der Waals surface area contributed by atoms with Crippen molar-refractivity contribution in [1.82, 2.24) is 0 Å². The number of carbonyl (C=O) groups is 1. The van der Waals surface area contributed by atoms with Gasteiger partial charge in [0.2, 0.25) is 0 Å². The minimum Gasteiger partial charge on any atom is -0.481 e. The van der Waals surface area contributed by atoms with Crippen LogP contribution >= 0.6 is 0 Å². The van der Waals surface area contributed by atoms with Gasteiger partial charge in [-0.15, -0.1) is 0 Å². The topological polar surface area (TPSA) is 77.8 Å². The summed E-state index contributed by atoms with van der Waals surface area (Å²) in [7, 11) is 0. The number of hydrogen-bond acceptors (Lipinski definition) is 3. The van der Waals surface area contributed by atoms with Crippen molar-refractivity contribution < 1.29 is 20.1 Å². The number of aliphatic hydroxyl groups excluding tert-OH is 2. The first-order valence-electron chi connectivity index (χ1n) is 9.97. The molecule has 0 aromatic heterocycles. The van der Waals surface area contributed by atoms with Crippen molar-refractivity contribution in [3.63, 3.8) is 0 Å². The van der Waals surface area contributed by atoms with Crippen molar-refractivity contribution in [2.75, 3.05) is 0 Å². The Morgan fingerprint density at radius 1 is 1.32 bits per heavy atom. The molecule has 0 aliphatic heterocycles. The van der Waals surface area contributed by atoms with Crippen molar-refractivity contribution in [2.45, 2.75) is 83.3 Å². The van der Waals surface area contributed by atoms with Crippen LogP contribution in [0.1, 0.15) is 71.1 Å². The molecule has 4 heteroatoms. The third-order valence-corrected chi connectivity index (χ3v) is 5.75. The van der Waals surface area contributed by atoms with Gasteiger partial charge in [0.15, 0.2) is 0 Å². The van der Waals surface area contributed by atoms with Crippen LogP contribution in [-0.2, 0) is 4.79 Å². The third kappa shape index (κ3) is 6.27. The zero-order valence-electron chi connectivity index (χ0n) is 15.4. The van der Waals surface area contributed by atoms with E-state index in [9.17, 15) is 15.0 Å². The van der Waals surface area contributed by atoms with E-state index in [-0.39, 0.29) is 18.4 Å². The second kappa shape index (κ2) is 10.1. The second-order valence-electron chi connectivity index (χ2n) is 7.79. The summed E-state index contributed by atoms with van der Waals surface area (Å²) in [6, 6.07) is 0. The molecule has 0 saturated heterocycles. The molecule has 1 fully saturated rings. The number of carboxylic acids is 1. The fourth-order valence-corrected chi connectivity index (χ4v) is 4.38. The van der Waals surface area contributed by atoms with Gasteiger partial charge in [-0.05, 0) is 50.4 Å². The van der Waals surface area contributed by atoms with Gasteiger partial charge in [-0.2, -0.15) is 0 Å². The predicted octanol–water partition coefficient (Wildman–Crippen LogP) is 4.07. The van der Waals surface area contributed by atoms with Gasteiger partial charge in [-0.25, -0.2) is 0 Å². The minimum atomic E-state index is -0.719. The maximum absolute atomic E-state index is 10.6. The number of fused-ring (bicyclic) bond motifs is 1. The molecular formula is C21H34O4. The Morgan fingerprint density at radius 3 is 2.84 bits per heavy atom. The third-order valence-electron chi connectivity index (χ3n) is 5.75. The zero-order chi connectivity index (χ0) is 18.2. The minimum absolute atomic E-state index is 0.138. The lowest BCUT2D eigenvalue weighted by Crippen LogP contribution is -2.18. The highest BCUT2D eigenvalue weighted by atomic mass is 16.4. The van der Waals surface area contributed by atoms with Crippen molar-refractivity contribution in [3.05, 3.63) is 23.8 Å². The lowest BCUT2D eigenvalue weighted by Gasteiger charge is -2.19. The second-order valence-corrected chi connectivity index (χ2v) is 7.79. The van der Waals surface area contributed by atoms with Gasteiger partial charge in [0.05, 0.1) is 12.2 Å². The Kier molecular flexibility index (Phi) is 8.17. The molecule has 2 aliphatic rings. The Bertz CT molecular complexity index is 482. The van der Waals surface area contributed by atoms with Crippen LogP contribution in [0.3, 0.4) is 0 Å². The van der Waals surface area contributed by atoms with Crippen LogP contribution in [0, 0.1) is 17.8 Å². The summed E-state index contributed by atoms with van der Waals surface area (Å²) >= 11 is 0. The molecule has 0 aromatic rings. The predicted molar refractivity (Wildman–Crippen MR) is 99.2 cm³/mol. The van der Waals surface area contributed by atoms with Crippen molar-refractivity contribution in [2.24, 2.45) is 17.8 Å². The molecule has 4 nitrogen and oxygen atoms in total. The van der Waals surface area contributed by atoms with Crippen LogP contribution in [0.2, 0.25) is 0 Å². The van der Waals surface area contributed by atoms with Crippen LogP contribution in [0.15, 0.2) is 23.8 Å². The number of unbranched alkanes of at least 4 members (excludes halogenated alkanes) is 3. The Balaban J connectivity index is 1.78. The van der Waals surface area contributed by atoms with Crippen molar-refractivity contribution in [3.8, 4) is 0 Å². The number of aliphatic hydroxyl groups is 2. The smallest absolute Gasteiger partial charge is 0.303 e. The van der Waals surface area contributed by atoms with Gasteiger partial charge < -0.3 is 15.3 Å². The number of allylic oxidation sites excluding steroid dienone is 2. The number of rotatable bonds is 11. The first-order valence-corrected chi connectivity index (χ1v) is 9.97. The largest absolute Gasteiger partial charge is 0.481 e. The number of carboxylic acid groups (broad SMARTS) is 1. The quantitative estimate of drug-likeness (QED) is 0.388. The number of aliphatic carboxylic acids is 1. The zero-order valence-corrected chi connectivity index (χ0v) is 15.4. The summed E-state index contributed by atoms with van der Waals surface area (Å²) in [5.74, 6) is 0.307. The lowest BCUT2D eigenvalue weighted by atomic mass is 9.88. The molecule has 2 unspecified atom stereocenters. The van der Waals surface area contributed by atoms with Crippen LogP contribution < -0.4 is 0 Å². The molecule has 0 aromatic carbocycles. The average molecular weight is 350 g/mol. The molecule has 1 saturated carbocycles. The Hall–Kier alpha value is -1.13. The first kappa shape index (κ1) is 20.2. The van der Waals surface area contributed by atoms with Gasteiger partial charge in [-0.3, -0.25) is 4.79 Å². The van der Waals surface area contributed by atoms with Crippen LogP contribution in [0.5, 0.6) is 0 Å². The molecule has 142 valence electrons. The molecule has 2 rings (SSSR count). The molecule has 25 heavy (non-hydrogen) atoms. The van der Waals surface area contributed by atoms with E-state index in [1.165, 1.54) is 5.57 Å². The van der Waals surface area contributed by atoms with Gasteiger partial charge >= 0.3 is 5.97 Å². The molecule has 5 atom stereocenters. The fourth-order valence-electron chi connectivity index (χ4n) is 4.38. The highest BCUT2D eigenvalue weighted by Crippen LogP contribution is 2.48. The number of hydrogen-bond donors (Lipinski definition) is 3. The molecule has 2 aliphatic carbocycles. The average Bonchev–Trinajstić information content (AvgIpc) is 3.06. The summed E-state index contributed by atoms with van der Waals surface area (Å²) in [6.07, 6.45) is 14.4. The van der Waals surface area contributed by atoms with E-state index < -0.39 is 12.1 Å². The van der Waals surface area contributed by atoms with Gasteiger partial charge in [0, 0.05) is 12.3 Å². The molecular weight excluding hydrogens is 316 g/mol. The van der Waals surface area contributed by atoms with Crippen molar-refractivity contribution >= 4 is 5.97 Å². The van der Waals surface area contributed by atoms with Crippen molar-refractivity contribution in [1.29, 1.82) is 0 Å². The van der Waals surface area contributed by atoms with E-state index in [4.69, 9.17) is 5.11 Å². The van der Waals surface area contributed by atoms with Crippen LogP contribution in [-0.4, -0.2) is 33.5 Å². The molecule has 3 N–H and O–H groups in total. The van der Waals surface area contributed by atoms with E-state index in [1.54, 1.807) is 0 Å². The van der Waals surface area contributed by atoms with Gasteiger partial charge in [0.1, 0.15) is 0 Å². The molecule has 0 heterocycles. The fraction of sp³-hybridized carbons (Fsp3) is 0.762. The summed E-state index contributed by atoms with van der Waals surface area (Å²) in [5.41, 5.74) is 1.43. The van der Waals surface area contributed by atoms with Gasteiger partial charge in [-0.1, -0.05) is 50.0 Å². The molecule has 0 bridgehead atoms. The van der Waals surface area contributed by atoms with Crippen LogP contribution in [0.4, 0.5) is 0 Å².